The monoisotopic (exact) mass is 199 g/mol. The SMILES string of the molecule is [CH](Cc1ccccc1)C1C=CCCCC1. The van der Waals surface area contributed by atoms with Crippen molar-refractivity contribution in [2.24, 2.45) is 5.92 Å². The fourth-order valence-electron chi connectivity index (χ4n) is 2.11. The number of rotatable bonds is 3. The van der Waals surface area contributed by atoms with Crippen molar-refractivity contribution in [1.29, 1.82) is 0 Å². The van der Waals surface area contributed by atoms with Gasteiger partial charge < -0.3 is 0 Å². The van der Waals surface area contributed by atoms with Crippen molar-refractivity contribution in [3.63, 3.8) is 0 Å². The Bertz CT molecular complexity index is 297. The highest BCUT2D eigenvalue weighted by atomic mass is 14.1. The van der Waals surface area contributed by atoms with E-state index in [1.807, 2.05) is 0 Å². The zero-order valence-corrected chi connectivity index (χ0v) is 9.23. The quantitative estimate of drug-likeness (QED) is 0.641. The van der Waals surface area contributed by atoms with Crippen molar-refractivity contribution in [3.8, 4) is 0 Å². The van der Waals surface area contributed by atoms with Gasteiger partial charge in [-0.3, -0.25) is 0 Å². The van der Waals surface area contributed by atoms with Gasteiger partial charge in [-0.05, 0) is 43.6 Å². The predicted octanol–water partition coefficient (Wildman–Crippen LogP) is 4.18. The molecule has 15 heavy (non-hydrogen) atoms. The minimum Gasteiger partial charge on any atom is -0.0882 e. The van der Waals surface area contributed by atoms with E-state index < -0.39 is 0 Å². The standard InChI is InChI=1S/C15H19/c1-2-5-9-14(8-4-1)12-13-15-10-6-3-7-11-15/h3-4,6-8,10-12,14H,1-2,5,9,13H2. The van der Waals surface area contributed by atoms with Crippen LogP contribution in [-0.4, -0.2) is 0 Å². The van der Waals surface area contributed by atoms with Crippen LogP contribution < -0.4 is 0 Å². The normalized spacial score (nSPS) is 21.2. The fourth-order valence-corrected chi connectivity index (χ4v) is 2.11. The predicted molar refractivity (Wildman–Crippen MR) is 65.5 cm³/mol. The molecule has 79 valence electrons. The van der Waals surface area contributed by atoms with E-state index in [0.29, 0.717) is 5.92 Å². The summed E-state index contributed by atoms with van der Waals surface area (Å²) in [5.74, 6) is 0.702. The van der Waals surface area contributed by atoms with Gasteiger partial charge in [0.15, 0.2) is 0 Å². The lowest BCUT2D eigenvalue weighted by molar-refractivity contribution is 0.609. The third-order valence-corrected chi connectivity index (χ3v) is 3.04. The molecule has 1 aromatic rings. The van der Waals surface area contributed by atoms with Crippen molar-refractivity contribution in [1.82, 2.24) is 0 Å². The second-order valence-electron chi connectivity index (χ2n) is 4.30. The summed E-state index contributed by atoms with van der Waals surface area (Å²) in [5, 5.41) is 0. The summed E-state index contributed by atoms with van der Waals surface area (Å²) in [7, 11) is 0. The van der Waals surface area contributed by atoms with Crippen molar-refractivity contribution < 1.29 is 0 Å². The van der Waals surface area contributed by atoms with E-state index in [0.717, 1.165) is 6.42 Å². The highest BCUT2D eigenvalue weighted by Gasteiger charge is 2.07. The van der Waals surface area contributed by atoms with Gasteiger partial charge in [0.2, 0.25) is 0 Å². The average molecular weight is 199 g/mol. The Morgan fingerprint density at radius 2 is 2.00 bits per heavy atom. The van der Waals surface area contributed by atoms with Crippen LogP contribution in [0.25, 0.3) is 0 Å². The third-order valence-electron chi connectivity index (χ3n) is 3.04. The Kier molecular flexibility index (Phi) is 4.01. The summed E-state index contributed by atoms with van der Waals surface area (Å²) < 4.78 is 0. The molecule has 0 heterocycles. The summed E-state index contributed by atoms with van der Waals surface area (Å²) in [6, 6.07) is 10.7. The molecule has 1 atom stereocenters. The van der Waals surface area contributed by atoms with Crippen molar-refractivity contribution in [2.45, 2.75) is 32.1 Å². The fraction of sp³-hybridized carbons (Fsp3) is 0.400. The van der Waals surface area contributed by atoms with Crippen LogP contribution in [0.5, 0.6) is 0 Å². The van der Waals surface area contributed by atoms with Crippen LogP contribution in [0.15, 0.2) is 42.5 Å². The largest absolute Gasteiger partial charge is 0.0882 e. The van der Waals surface area contributed by atoms with Gasteiger partial charge in [-0.2, -0.15) is 0 Å². The molecule has 0 spiro atoms. The maximum absolute atomic E-state index is 2.46. The lowest BCUT2D eigenvalue weighted by atomic mass is 9.95. The molecular weight excluding hydrogens is 180 g/mol. The molecule has 0 aliphatic heterocycles. The number of hydrogen-bond donors (Lipinski definition) is 0. The molecule has 1 aliphatic carbocycles. The number of benzene rings is 1. The van der Waals surface area contributed by atoms with E-state index in [1.165, 1.54) is 31.2 Å². The van der Waals surface area contributed by atoms with Gasteiger partial charge in [0.1, 0.15) is 0 Å². The second kappa shape index (κ2) is 5.75. The number of allylic oxidation sites excluding steroid dienone is 2. The van der Waals surface area contributed by atoms with Crippen LogP contribution in [-0.2, 0) is 6.42 Å². The topological polar surface area (TPSA) is 0 Å². The van der Waals surface area contributed by atoms with Gasteiger partial charge in [-0.15, -0.1) is 0 Å². The van der Waals surface area contributed by atoms with E-state index in [-0.39, 0.29) is 0 Å². The molecule has 0 fully saturated rings. The molecule has 0 bridgehead atoms. The van der Waals surface area contributed by atoms with E-state index in [2.05, 4.69) is 48.9 Å². The molecule has 0 heteroatoms. The minimum atomic E-state index is 0.702. The molecule has 0 nitrogen and oxygen atoms in total. The molecule has 1 aliphatic rings. The first-order valence-corrected chi connectivity index (χ1v) is 5.99. The lowest BCUT2D eigenvalue weighted by Crippen LogP contribution is -1.99. The third kappa shape index (κ3) is 3.54. The molecule has 1 unspecified atom stereocenters. The van der Waals surface area contributed by atoms with Crippen LogP contribution in [0.1, 0.15) is 31.2 Å². The molecule has 0 saturated carbocycles. The first kappa shape index (κ1) is 10.5. The van der Waals surface area contributed by atoms with Gasteiger partial charge in [0.25, 0.3) is 0 Å². The molecule has 1 aromatic carbocycles. The zero-order chi connectivity index (χ0) is 10.3. The molecule has 1 radical (unpaired) electrons. The summed E-state index contributed by atoms with van der Waals surface area (Å²) in [4.78, 5) is 0. The van der Waals surface area contributed by atoms with E-state index in [9.17, 15) is 0 Å². The van der Waals surface area contributed by atoms with Gasteiger partial charge in [0.05, 0.1) is 0 Å². The van der Waals surface area contributed by atoms with Gasteiger partial charge >= 0.3 is 0 Å². The van der Waals surface area contributed by atoms with Gasteiger partial charge in [-0.25, -0.2) is 0 Å². The Hall–Kier alpha value is -1.04. The van der Waals surface area contributed by atoms with E-state index in [1.54, 1.807) is 0 Å². The maximum Gasteiger partial charge on any atom is -0.0199 e. The van der Waals surface area contributed by atoms with E-state index >= 15 is 0 Å². The molecule has 2 rings (SSSR count). The zero-order valence-electron chi connectivity index (χ0n) is 9.23. The summed E-state index contributed by atoms with van der Waals surface area (Å²) in [6.07, 6.45) is 13.6. The first-order valence-electron chi connectivity index (χ1n) is 5.99. The molecule has 0 saturated heterocycles. The Morgan fingerprint density at radius 3 is 2.87 bits per heavy atom. The summed E-state index contributed by atoms with van der Waals surface area (Å²) in [6.45, 7) is 0. The Labute approximate surface area is 93.0 Å². The van der Waals surface area contributed by atoms with Gasteiger partial charge in [-0.1, -0.05) is 48.9 Å². The van der Waals surface area contributed by atoms with Crippen molar-refractivity contribution >= 4 is 0 Å². The van der Waals surface area contributed by atoms with Crippen LogP contribution >= 0.6 is 0 Å². The highest BCUT2D eigenvalue weighted by Crippen LogP contribution is 2.20. The van der Waals surface area contributed by atoms with Crippen LogP contribution in [0.2, 0.25) is 0 Å². The van der Waals surface area contributed by atoms with Crippen molar-refractivity contribution in [2.75, 3.05) is 0 Å². The number of hydrogen-bond acceptors (Lipinski definition) is 0. The first-order chi connectivity index (χ1) is 7.45. The lowest BCUT2D eigenvalue weighted by Gasteiger charge is -2.09. The highest BCUT2D eigenvalue weighted by molar-refractivity contribution is 5.17. The van der Waals surface area contributed by atoms with Crippen LogP contribution in [0.3, 0.4) is 0 Å². The van der Waals surface area contributed by atoms with Crippen molar-refractivity contribution in [3.05, 3.63) is 54.5 Å². The minimum absolute atomic E-state index is 0.702. The average Bonchev–Trinajstić information content (AvgIpc) is 2.56. The maximum atomic E-state index is 2.46. The molecule has 0 N–H and O–H groups in total. The Morgan fingerprint density at radius 1 is 1.13 bits per heavy atom. The van der Waals surface area contributed by atoms with E-state index in [4.69, 9.17) is 0 Å². The van der Waals surface area contributed by atoms with Gasteiger partial charge in [0, 0.05) is 0 Å². The summed E-state index contributed by atoms with van der Waals surface area (Å²) >= 11 is 0. The Balaban J connectivity index is 1.82. The molecule has 0 aromatic heterocycles. The molecule has 0 amide bonds. The summed E-state index contributed by atoms with van der Waals surface area (Å²) in [5.41, 5.74) is 1.43. The smallest absolute Gasteiger partial charge is 0.0199 e. The van der Waals surface area contributed by atoms with Crippen LogP contribution in [0, 0.1) is 12.3 Å². The molecular formula is C15H19. The van der Waals surface area contributed by atoms with Crippen LogP contribution in [0.4, 0.5) is 0 Å². The second-order valence-corrected chi connectivity index (χ2v) is 4.30.